The lowest BCUT2D eigenvalue weighted by Crippen LogP contribution is -2.38. The van der Waals surface area contributed by atoms with Crippen LogP contribution < -0.4 is 10.9 Å². The van der Waals surface area contributed by atoms with Gasteiger partial charge in [0.15, 0.2) is 0 Å². The Balaban J connectivity index is 1.54. The Morgan fingerprint density at radius 1 is 1.00 bits per heavy atom. The molecule has 6 nitrogen and oxygen atoms in total. The Kier molecular flexibility index (Phi) is 4.93. The van der Waals surface area contributed by atoms with Crippen molar-refractivity contribution in [1.29, 1.82) is 0 Å². The number of benzene rings is 2. The Morgan fingerprint density at radius 3 is 2.29 bits per heavy atom. The number of nitrogens with zero attached hydrogens (tertiary/aromatic N) is 3. The average Bonchev–Trinajstić information content (AvgIpc) is 3.23. The molecule has 0 saturated heterocycles. The maximum absolute atomic E-state index is 12.6. The van der Waals surface area contributed by atoms with Gasteiger partial charge >= 0.3 is 0 Å². The summed E-state index contributed by atoms with van der Waals surface area (Å²) in [4.78, 5) is 16.6. The van der Waals surface area contributed by atoms with E-state index in [1.165, 1.54) is 0 Å². The van der Waals surface area contributed by atoms with Crippen LogP contribution in [0.5, 0.6) is 0 Å². The second kappa shape index (κ2) is 7.84. The molecule has 1 amide bonds. The number of pyridine rings is 1. The third-order valence-electron chi connectivity index (χ3n) is 4.67. The molecule has 0 atom stereocenters. The molecule has 2 N–H and O–H groups in total. The lowest BCUT2D eigenvalue weighted by atomic mass is 9.80. The van der Waals surface area contributed by atoms with Crippen molar-refractivity contribution in [1.82, 2.24) is 15.8 Å². The van der Waals surface area contributed by atoms with E-state index in [1.807, 2.05) is 72.8 Å². The number of aromatic nitrogens is 1. The molecule has 138 valence electrons. The molecule has 1 aliphatic rings. The van der Waals surface area contributed by atoms with E-state index in [0.29, 0.717) is 12.1 Å². The van der Waals surface area contributed by atoms with Gasteiger partial charge in [-0.1, -0.05) is 66.7 Å². The number of carbonyl (C=O) groups excluding carboxylic acids is 1. The van der Waals surface area contributed by atoms with Crippen LogP contribution in [0.2, 0.25) is 0 Å². The summed E-state index contributed by atoms with van der Waals surface area (Å²) in [6.45, 7) is 0. The first-order chi connectivity index (χ1) is 13.8. The van der Waals surface area contributed by atoms with Gasteiger partial charge in [0.25, 0.3) is 5.91 Å². The van der Waals surface area contributed by atoms with Crippen LogP contribution in [0.1, 0.15) is 23.1 Å². The minimum absolute atomic E-state index is 0.332. The highest BCUT2D eigenvalue weighted by Gasteiger charge is 2.41. The van der Waals surface area contributed by atoms with E-state index >= 15 is 0 Å². The molecule has 1 aromatic heterocycles. The van der Waals surface area contributed by atoms with Crippen molar-refractivity contribution in [3.8, 4) is 0 Å². The van der Waals surface area contributed by atoms with Crippen LogP contribution in [-0.4, -0.2) is 22.8 Å². The highest BCUT2D eigenvalue weighted by Crippen LogP contribution is 2.36. The van der Waals surface area contributed by atoms with Crippen LogP contribution in [0, 0.1) is 0 Å². The first kappa shape index (κ1) is 17.6. The predicted octanol–water partition coefficient (Wildman–Crippen LogP) is 2.82. The van der Waals surface area contributed by atoms with Gasteiger partial charge in [0.2, 0.25) is 0 Å². The van der Waals surface area contributed by atoms with Crippen LogP contribution in [0.4, 0.5) is 0 Å². The van der Waals surface area contributed by atoms with Crippen molar-refractivity contribution in [2.75, 3.05) is 0 Å². The first-order valence-corrected chi connectivity index (χ1v) is 8.96. The summed E-state index contributed by atoms with van der Waals surface area (Å²) in [5, 5.41) is 8.34. The van der Waals surface area contributed by atoms with Crippen LogP contribution in [0.25, 0.3) is 0 Å². The molecule has 4 rings (SSSR count). The van der Waals surface area contributed by atoms with E-state index in [4.69, 9.17) is 0 Å². The van der Waals surface area contributed by atoms with Gasteiger partial charge in [0.1, 0.15) is 11.3 Å². The SMILES string of the molecule is O=C(N/N=C\c1cccnc1)C1=NNC(c2ccccc2)(c2ccccc2)C1. The highest BCUT2D eigenvalue weighted by atomic mass is 16.2. The van der Waals surface area contributed by atoms with Gasteiger partial charge in [0, 0.05) is 24.4 Å². The fourth-order valence-corrected chi connectivity index (χ4v) is 3.25. The van der Waals surface area contributed by atoms with E-state index in [0.717, 1.165) is 16.7 Å². The summed E-state index contributed by atoms with van der Waals surface area (Å²) in [5.41, 5.74) is 8.47. The number of hydrogen-bond donors (Lipinski definition) is 2. The molecule has 28 heavy (non-hydrogen) atoms. The summed E-state index contributed by atoms with van der Waals surface area (Å²) in [7, 11) is 0. The predicted molar refractivity (Wildman–Crippen MR) is 109 cm³/mol. The quantitative estimate of drug-likeness (QED) is 0.536. The van der Waals surface area contributed by atoms with E-state index in [-0.39, 0.29) is 5.91 Å². The normalized spacial score (nSPS) is 15.1. The number of amides is 1. The molecular formula is C22H19N5O. The second-order valence-electron chi connectivity index (χ2n) is 6.47. The number of carbonyl (C=O) groups is 1. The van der Waals surface area contributed by atoms with Crippen molar-refractivity contribution in [2.24, 2.45) is 10.2 Å². The standard InChI is InChI=1S/C22H19N5O/c28-21(26-24-16-17-8-7-13-23-15-17)20-14-22(27-25-20,18-9-3-1-4-10-18)19-11-5-2-6-12-19/h1-13,15-16,27H,14H2,(H,26,28)/b24-16-. The Bertz CT molecular complexity index is 961. The number of nitrogens with one attached hydrogen (secondary N) is 2. The zero-order chi connectivity index (χ0) is 19.2. The lowest BCUT2D eigenvalue weighted by molar-refractivity contribution is -0.114. The Morgan fingerprint density at radius 2 is 1.68 bits per heavy atom. The monoisotopic (exact) mass is 369 g/mol. The maximum Gasteiger partial charge on any atom is 0.287 e. The fourth-order valence-electron chi connectivity index (χ4n) is 3.25. The fraction of sp³-hybridized carbons (Fsp3) is 0.0909. The van der Waals surface area contributed by atoms with E-state index < -0.39 is 5.54 Å². The molecule has 0 fully saturated rings. The summed E-state index contributed by atoms with van der Waals surface area (Å²) in [6, 6.07) is 23.7. The molecule has 2 aromatic carbocycles. The molecule has 0 radical (unpaired) electrons. The second-order valence-corrected chi connectivity index (χ2v) is 6.47. The van der Waals surface area contributed by atoms with Gasteiger partial charge in [-0.05, 0) is 17.2 Å². The third kappa shape index (κ3) is 3.53. The van der Waals surface area contributed by atoms with E-state index in [1.54, 1.807) is 18.6 Å². The van der Waals surface area contributed by atoms with Gasteiger partial charge in [-0.2, -0.15) is 10.2 Å². The van der Waals surface area contributed by atoms with Crippen molar-refractivity contribution in [3.05, 3.63) is 102 Å². The number of hydrazone groups is 2. The Labute approximate surface area is 163 Å². The van der Waals surface area contributed by atoms with E-state index in [9.17, 15) is 4.79 Å². The number of hydrogen-bond acceptors (Lipinski definition) is 5. The van der Waals surface area contributed by atoms with Gasteiger partial charge in [0.05, 0.1) is 6.21 Å². The number of rotatable bonds is 5. The molecule has 6 heteroatoms. The molecule has 3 aromatic rings. The lowest BCUT2D eigenvalue weighted by Gasteiger charge is -2.30. The minimum Gasteiger partial charge on any atom is -0.294 e. The van der Waals surface area contributed by atoms with Crippen LogP contribution in [0.15, 0.2) is 95.4 Å². The molecule has 0 unspecified atom stereocenters. The summed E-state index contributed by atoms with van der Waals surface area (Å²) in [5.74, 6) is -0.332. The molecule has 0 bridgehead atoms. The topological polar surface area (TPSA) is 78.7 Å². The largest absolute Gasteiger partial charge is 0.294 e. The van der Waals surface area contributed by atoms with Crippen molar-refractivity contribution in [2.45, 2.75) is 12.0 Å². The average molecular weight is 369 g/mol. The van der Waals surface area contributed by atoms with Crippen molar-refractivity contribution in [3.63, 3.8) is 0 Å². The van der Waals surface area contributed by atoms with Crippen molar-refractivity contribution >= 4 is 17.8 Å². The van der Waals surface area contributed by atoms with E-state index in [2.05, 4.69) is 26.0 Å². The summed E-state index contributed by atoms with van der Waals surface area (Å²) in [6.07, 6.45) is 5.33. The Hall–Kier alpha value is -3.80. The highest BCUT2D eigenvalue weighted by molar-refractivity contribution is 6.39. The zero-order valence-corrected chi connectivity index (χ0v) is 15.1. The van der Waals surface area contributed by atoms with Gasteiger partial charge in [-0.15, -0.1) is 0 Å². The van der Waals surface area contributed by atoms with Gasteiger partial charge in [-0.25, -0.2) is 5.43 Å². The minimum atomic E-state index is -0.581. The van der Waals surface area contributed by atoms with Gasteiger partial charge < -0.3 is 0 Å². The molecular weight excluding hydrogens is 350 g/mol. The van der Waals surface area contributed by atoms with Crippen LogP contribution in [-0.2, 0) is 10.3 Å². The summed E-state index contributed by atoms with van der Waals surface area (Å²) < 4.78 is 0. The molecule has 1 aliphatic heterocycles. The molecule has 0 spiro atoms. The first-order valence-electron chi connectivity index (χ1n) is 8.96. The van der Waals surface area contributed by atoms with Gasteiger partial charge in [-0.3, -0.25) is 15.2 Å². The van der Waals surface area contributed by atoms with Crippen molar-refractivity contribution < 1.29 is 4.79 Å². The third-order valence-corrected chi connectivity index (χ3v) is 4.67. The smallest absolute Gasteiger partial charge is 0.287 e. The molecule has 0 aliphatic carbocycles. The summed E-state index contributed by atoms with van der Waals surface area (Å²) >= 11 is 0. The maximum atomic E-state index is 12.6. The van der Waals surface area contributed by atoms with Crippen LogP contribution >= 0.6 is 0 Å². The van der Waals surface area contributed by atoms with Crippen LogP contribution in [0.3, 0.4) is 0 Å². The zero-order valence-electron chi connectivity index (χ0n) is 15.1. The molecule has 0 saturated carbocycles. The molecule has 2 heterocycles.